The van der Waals surface area contributed by atoms with Gasteiger partial charge in [0.1, 0.15) is 5.56 Å². The van der Waals surface area contributed by atoms with Crippen LogP contribution in [0.1, 0.15) is 24.2 Å². The summed E-state index contributed by atoms with van der Waals surface area (Å²) in [7, 11) is 1.58. The van der Waals surface area contributed by atoms with Crippen molar-refractivity contribution >= 4 is 16.8 Å². The van der Waals surface area contributed by atoms with E-state index in [9.17, 15) is 14.7 Å². The molecule has 0 saturated carbocycles. The molecule has 0 radical (unpaired) electrons. The van der Waals surface area contributed by atoms with E-state index in [1.54, 1.807) is 39.1 Å². The molecular formula is C15H18N2O3. The van der Waals surface area contributed by atoms with Crippen LogP contribution in [-0.2, 0) is 0 Å². The van der Waals surface area contributed by atoms with Gasteiger partial charge >= 0.3 is 0 Å². The number of aromatic nitrogens is 1. The molecule has 2 N–H and O–H groups in total. The first-order valence-corrected chi connectivity index (χ1v) is 6.38. The van der Waals surface area contributed by atoms with Crippen molar-refractivity contribution in [3.05, 3.63) is 46.2 Å². The van der Waals surface area contributed by atoms with Gasteiger partial charge in [-0.2, -0.15) is 0 Å². The fourth-order valence-corrected chi connectivity index (χ4v) is 1.89. The normalized spacial score (nSPS) is 11.6. The number of nitrogens with zero attached hydrogens (tertiary/aromatic N) is 1. The summed E-state index contributed by atoms with van der Waals surface area (Å²) in [5.41, 5.74) is -0.259. The summed E-state index contributed by atoms with van der Waals surface area (Å²) in [6.07, 6.45) is 1.43. The third kappa shape index (κ3) is 2.32. The second-order valence-electron chi connectivity index (χ2n) is 5.41. The number of para-hydroxylation sites is 1. The summed E-state index contributed by atoms with van der Waals surface area (Å²) in [5, 5.41) is 9.80. The molecule has 5 nitrogen and oxygen atoms in total. The fourth-order valence-electron chi connectivity index (χ4n) is 1.89. The number of aliphatic hydroxyl groups excluding tert-OH is 1. The Kier molecular flexibility index (Phi) is 3.63. The van der Waals surface area contributed by atoms with Crippen molar-refractivity contribution in [3.63, 3.8) is 0 Å². The lowest BCUT2D eigenvalue weighted by Crippen LogP contribution is -2.48. The Balaban J connectivity index is 2.51. The average molecular weight is 274 g/mol. The molecule has 0 aliphatic carbocycles. The number of aromatic amines is 1. The minimum absolute atomic E-state index is 0.0766. The van der Waals surface area contributed by atoms with E-state index in [2.05, 4.69) is 4.98 Å². The second kappa shape index (κ2) is 5.09. The standard InChI is InChI=1S/C15H18N2O3/c1-15(2,9-18)17(3)14(20)11-8-16-12-7-5-4-6-10(12)13(11)19/h4-8,18H,9H2,1-3H3,(H,16,19). The molecule has 1 aromatic heterocycles. The third-order valence-corrected chi connectivity index (χ3v) is 3.62. The van der Waals surface area contributed by atoms with E-state index in [1.165, 1.54) is 11.1 Å². The van der Waals surface area contributed by atoms with Crippen LogP contribution in [-0.4, -0.2) is 40.1 Å². The number of carbonyl (C=O) groups excluding carboxylic acids is 1. The maximum absolute atomic E-state index is 12.4. The molecule has 0 unspecified atom stereocenters. The molecule has 0 bridgehead atoms. The molecule has 0 fully saturated rings. The van der Waals surface area contributed by atoms with Gasteiger partial charge < -0.3 is 15.0 Å². The second-order valence-corrected chi connectivity index (χ2v) is 5.41. The number of hydrogen-bond acceptors (Lipinski definition) is 3. The van der Waals surface area contributed by atoms with Gasteiger partial charge in [0.2, 0.25) is 5.43 Å². The van der Waals surface area contributed by atoms with Crippen LogP contribution >= 0.6 is 0 Å². The monoisotopic (exact) mass is 274 g/mol. The lowest BCUT2D eigenvalue weighted by molar-refractivity contribution is 0.0472. The zero-order valence-electron chi connectivity index (χ0n) is 11.8. The number of amides is 1. The number of hydrogen-bond donors (Lipinski definition) is 2. The van der Waals surface area contributed by atoms with Crippen LogP contribution in [0.3, 0.4) is 0 Å². The van der Waals surface area contributed by atoms with Gasteiger partial charge in [-0.05, 0) is 26.0 Å². The molecule has 20 heavy (non-hydrogen) atoms. The molecule has 2 aromatic rings. The van der Waals surface area contributed by atoms with Gasteiger partial charge in [0.15, 0.2) is 0 Å². The molecule has 0 aliphatic rings. The Labute approximate surface area is 116 Å². The first kappa shape index (κ1) is 14.3. The highest BCUT2D eigenvalue weighted by atomic mass is 16.3. The molecule has 1 aromatic carbocycles. The van der Waals surface area contributed by atoms with Gasteiger partial charge in [0.25, 0.3) is 5.91 Å². The molecule has 5 heteroatoms. The van der Waals surface area contributed by atoms with E-state index >= 15 is 0 Å². The van der Waals surface area contributed by atoms with Gasteiger partial charge in [0, 0.05) is 24.1 Å². The van der Waals surface area contributed by atoms with Crippen LogP contribution in [0, 0.1) is 0 Å². The minimum atomic E-state index is -0.727. The summed E-state index contributed by atoms with van der Waals surface area (Å²) in [5.74, 6) is -0.406. The van der Waals surface area contributed by atoms with Crippen molar-refractivity contribution in [3.8, 4) is 0 Å². The largest absolute Gasteiger partial charge is 0.394 e. The number of pyridine rings is 1. The molecule has 106 valence electrons. The summed E-state index contributed by atoms with van der Waals surface area (Å²) < 4.78 is 0. The molecule has 1 amide bonds. The number of likely N-dealkylation sites (N-methyl/N-ethyl adjacent to an activating group) is 1. The number of aliphatic hydroxyl groups is 1. The molecular weight excluding hydrogens is 256 g/mol. The van der Waals surface area contributed by atoms with Crippen molar-refractivity contribution in [2.24, 2.45) is 0 Å². The molecule has 0 atom stereocenters. The van der Waals surface area contributed by atoms with Crippen LogP contribution in [0.4, 0.5) is 0 Å². The van der Waals surface area contributed by atoms with Gasteiger partial charge in [-0.3, -0.25) is 9.59 Å². The molecule has 2 rings (SSSR count). The van der Waals surface area contributed by atoms with Crippen molar-refractivity contribution in [2.75, 3.05) is 13.7 Å². The molecule has 0 saturated heterocycles. The Morgan fingerprint density at radius 2 is 2.00 bits per heavy atom. The van der Waals surface area contributed by atoms with E-state index in [4.69, 9.17) is 0 Å². The lowest BCUT2D eigenvalue weighted by atomic mass is 10.0. The van der Waals surface area contributed by atoms with Crippen molar-refractivity contribution in [1.82, 2.24) is 9.88 Å². The van der Waals surface area contributed by atoms with Crippen LogP contribution in [0.2, 0.25) is 0 Å². The zero-order chi connectivity index (χ0) is 14.9. The van der Waals surface area contributed by atoms with Gasteiger partial charge in [-0.15, -0.1) is 0 Å². The quantitative estimate of drug-likeness (QED) is 0.888. The number of benzene rings is 1. The van der Waals surface area contributed by atoms with Crippen LogP contribution in [0.5, 0.6) is 0 Å². The van der Waals surface area contributed by atoms with Crippen molar-refractivity contribution < 1.29 is 9.90 Å². The Bertz CT molecular complexity index is 704. The number of rotatable bonds is 3. The Morgan fingerprint density at radius 1 is 1.35 bits per heavy atom. The molecule has 0 spiro atoms. The smallest absolute Gasteiger partial charge is 0.259 e. The zero-order valence-corrected chi connectivity index (χ0v) is 11.8. The first-order chi connectivity index (χ1) is 9.38. The van der Waals surface area contributed by atoms with Crippen molar-refractivity contribution in [1.29, 1.82) is 0 Å². The van der Waals surface area contributed by atoms with E-state index < -0.39 is 11.4 Å². The van der Waals surface area contributed by atoms with E-state index in [-0.39, 0.29) is 17.6 Å². The maximum Gasteiger partial charge on any atom is 0.259 e. The maximum atomic E-state index is 12.4. The molecule has 0 aliphatic heterocycles. The van der Waals surface area contributed by atoms with Gasteiger partial charge in [-0.25, -0.2) is 0 Å². The highest BCUT2D eigenvalue weighted by Crippen LogP contribution is 2.15. The van der Waals surface area contributed by atoms with Crippen LogP contribution < -0.4 is 5.43 Å². The number of fused-ring (bicyclic) bond motifs is 1. The molecule has 1 heterocycles. The Morgan fingerprint density at radius 3 is 2.65 bits per heavy atom. The van der Waals surface area contributed by atoms with Gasteiger partial charge in [-0.1, -0.05) is 12.1 Å². The van der Waals surface area contributed by atoms with E-state index in [0.29, 0.717) is 10.9 Å². The number of H-pyrrole nitrogens is 1. The number of nitrogens with one attached hydrogen (secondary N) is 1. The Hall–Kier alpha value is -2.14. The first-order valence-electron chi connectivity index (χ1n) is 6.38. The summed E-state index contributed by atoms with van der Waals surface area (Å²) >= 11 is 0. The third-order valence-electron chi connectivity index (χ3n) is 3.62. The average Bonchev–Trinajstić information content (AvgIpc) is 2.46. The van der Waals surface area contributed by atoms with Gasteiger partial charge in [0.05, 0.1) is 12.1 Å². The lowest BCUT2D eigenvalue weighted by Gasteiger charge is -2.33. The summed E-state index contributed by atoms with van der Waals surface area (Å²) in [6, 6.07) is 7.04. The highest BCUT2D eigenvalue weighted by Gasteiger charge is 2.29. The predicted molar refractivity (Wildman–Crippen MR) is 77.8 cm³/mol. The van der Waals surface area contributed by atoms with E-state index in [0.717, 1.165) is 0 Å². The summed E-state index contributed by atoms with van der Waals surface area (Å²) in [6.45, 7) is 3.29. The van der Waals surface area contributed by atoms with Crippen molar-refractivity contribution in [2.45, 2.75) is 19.4 Å². The fraction of sp³-hybridized carbons (Fsp3) is 0.333. The highest BCUT2D eigenvalue weighted by molar-refractivity contribution is 5.97. The minimum Gasteiger partial charge on any atom is -0.394 e. The predicted octanol–water partition coefficient (Wildman–Crippen LogP) is 1.37. The topological polar surface area (TPSA) is 73.4 Å². The number of carbonyl (C=O) groups is 1. The van der Waals surface area contributed by atoms with Crippen LogP contribution in [0.15, 0.2) is 35.3 Å². The SMILES string of the molecule is CN(C(=O)c1c[nH]c2ccccc2c1=O)C(C)(C)CO. The van der Waals surface area contributed by atoms with Crippen LogP contribution in [0.25, 0.3) is 10.9 Å². The summed E-state index contributed by atoms with van der Waals surface area (Å²) in [4.78, 5) is 29.1. The van der Waals surface area contributed by atoms with E-state index in [1.807, 2.05) is 6.07 Å².